The van der Waals surface area contributed by atoms with Gasteiger partial charge in [-0.05, 0) is 61.4 Å². The summed E-state index contributed by atoms with van der Waals surface area (Å²) in [4.78, 5) is 0. The molecule has 2 atom stereocenters. The number of rotatable bonds is 7. The SMILES string of the molecule is COC1c2cc(NCc3ccc(F)cc3)ccc2OC(C)(C)C1OCc1ccccc1Cl. The highest BCUT2D eigenvalue weighted by atomic mass is 35.5. The molecule has 2 unspecified atom stereocenters. The average molecular weight is 456 g/mol. The van der Waals surface area contributed by atoms with E-state index in [-0.39, 0.29) is 18.0 Å². The van der Waals surface area contributed by atoms with E-state index in [1.165, 1.54) is 12.1 Å². The second-order valence-corrected chi connectivity index (χ2v) is 8.82. The Morgan fingerprint density at radius 2 is 1.81 bits per heavy atom. The van der Waals surface area contributed by atoms with Gasteiger partial charge in [0.2, 0.25) is 0 Å². The minimum absolute atomic E-state index is 0.243. The normalized spacial score (nSPS) is 19.2. The lowest BCUT2D eigenvalue weighted by Crippen LogP contribution is -2.50. The smallest absolute Gasteiger partial charge is 0.132 e. The average Bonchev–Trinajstić information content (AvgIpc) is 2.77. The van der Waals surface area contributed by atoms with Crippen molar-refractivity contribution in [3.8, 4) is 5.75 Å². The van der Waals surface area contributed by atoms with Crippen molar-refractivity contribution >= 4 is 17.3 Å². The number of nitrogens with one attached hydrogen (secondary N) is 1. The molecule has 6 heteroatoms. The first-order valence-electron chi connectivity index (χ1n) is 10.6. The van der Waals surface area contributed by atoms with E-state index in [0.717, 1.165) is 28.1 Å². The van der Waals surface area contributed by atoms with E-state index >= 15 is 0 Å². The molecule has 0 spiro atoms. The van der Waals surface area contributed by atoms with Gasteiger partial charge in [0.1, 0.15) is 29.4 Å². The number of benzene rings is 3. The third-order valence-corrected chi connectivity index (χ3v) is 6.06. The molecule has 0 saturated carbocycles. The Kier molecular flexibility index (Phi) is 6.70. The van der Waals surface area contributed by atoms with Gasteiger partial charge in [-0.3, -0.25) is 0 Å². The molecule has 32 heavy (non-hydrogen) atoms. The predicted octanol–water partition coefficient (Wildman–Crippen LogP) is 6.54. The molecule has 168 valence electrons. The van der Waals surface area contributed by atoms with Crippen molar-refractivity contribution in [2.24, 2.45) is 0 Å². The Hall–Kier alpha value is -2.60. The molecule has 1 aliphatic heterocycles. The van der Waals surface area contributed by atoms with Gasteiger partial charge in [0.25, 0.3) is 0 Å². The maximum atomic E-state index is 13.1. The fourth-order valence-electron chi connectivity index (χ4n) is 3.98. The van der Waals surface area contributed by atoms with Crippen LogP contribution in [0, 0.1) is 5.82 Å². The zero-order valence-corrected chi connectivity index (χ0v) is 19.2. The quantitative estimate of drug-likeness (QED) is 0.439. The van der Waals surface area contributed by atoms with Crippen LogP contribution in [0.15, 0.2) is 66.7 Å². The Morgan fingerprint density at radius 3 is 2.53 bits per heavy atom. The minimum atomic E-state index is -0.599. The van der Waals surface area contributed by atoms with E-state index in [9.17, 15) is 4.39 Å². The molecular weight excluding hydrogens is 429 g/mol. The summed E-state index contributed by atoms with van der Waals surface area (Å²) in [6.45, 7) is 4.93. The summed E-state index contributed by atoms with van der Waals surface area (Å²) in [6.07, 6.45) is -0.660. The standard InChI is InChI=1S/C26H27ClFNO3/c1-26(2)25(31-16-18-6-4-5-7-22(18)27)24(30-3)21-14-20(12-13-23(21)32-26)29-15-17-8-10-19(28)11-9-17/h4-14,24-25,29H,15-16H2,1-3H3. The monoisotopic (exact) mass is 455 g/mol. The molecule has 1 N–H and O–H groups in total. The number of ether oxygens (including phenoxy) is 3. The van der Waals surface area contributed by atoms with Crippen LogP contribution >= 0.6 is 11.6 Å². The van der Waals surface area contributed by atoms with Gasteiger partial charge in [-0.15, -0.1) is 0 Å². The molecule has 0 radical (unpaired) electrons. The molecule has 0 aromatic heterocycles. The van der Waals surface area contributed by atoms with E-state index in [2.05, 4.69) is 5.32 Å². The largest absolute Gasteiger partial charge is 0.485 e. The lowest BCUT2D eigenvalue weighted by molar-refractivity contribution is -0.159. The Balaban J connectivity index is 1.54. The highest BCUT2D eigenvalue weighted by Gasteiger charge is 2.45. The molecule has 0 amide bonds. The van der Waals surface area contributed by atoms with Gasteiger partial charge in [0, 0.05) is 29.9 Å². The van der Waals surface area contributed by atoms with E-state index in [1.54, 1.807) is 19.2 Å². The maximum absolute atomic E-state index is 13.1. The molecule has 0 saturated heterocycles. The van der Waals surface area contributed by atoms with Crippen LogP contribution in [0.25, 0.3) is 0 Å². The van der Waals surface area contributed by atoms with Crippen LogP contribution < -0.4 is 10.1 Å². The number of hydrogen-bond donors (Lipinski definition) is 1. The number of halogens is 2. The summed E-state index contributed by atoms with van der Waals surface area (Å²) in [5, 5.41) is 4.05. The summed E-state index contributed by atoms with van der Waals surface area (Å²) in [5.74, 6) is 0.528. The van der Waals surface area contributed by atoms with Gasteiger partial charge < -0.3 is 19.5 Å². The van der Waals surface area contributed by atoms with Gasteiger partial charge in [-0.1, -0.05) is 41.9 Å². The molecule has 4 rings (SSSR count). The fraction of sp³-hybridized carbons (Fsp3) is 0.308. The minimum Gasteiger partial charge on any atom is -0.485 e. The van der Waals surface area contributed by atoms with Crippen LogP contribution in [0.5, 0.6) is 5.75 Å². The number of methoxy groups -OCH3 is 1. The first kappa shape index (κ1) is 22.6. The van der Waals surface area contributed by atoms with Crippen molar-refractivity contribution in [3.05, 3.63) is 94.3 Å². The second-order valence-electron chi connectivity index (χ2n) is 8.42. The second kappa shape index (κ2) is 9.49. The molecule has 1 aliphatic rings. The van der Waals surface area contributed by atoms with Gasteiger partial charge in [0.15, 0.2) is 0 Å². The summed E-state index contributed by atoms with van der Waals surface area (Å²) >= 11 is 6.31. The van der Waals surface area contributed by atoms with Crippen LogP contribution in [0.2, 0.25) is 5.02 Å². The van der Waals surface area contributed by atoms with Crippen LogP contribution in [0.1, 0.15) is 36.6 Å². The molecule has 4 nitrogen and oxygen atoms in total. The molecule has 1 heterocycles. The Morgan fingerprint density at radius 1 is 1.06 bits per heavy atom. The first-order valence-corrected chi connectivity index (χ1v) is 10.9. The molecular formula is C26H27ClFNO3. The topological polar surface area (TPSA) is 39.7 Å². The van der Waals surface area contributed by atoms with Gasteiger partial charge in [-0.2, -0.15) is 0 Å². The third-order valence-electron chi connectivity index (χ3n) is 5.69. The van der Waals surface area contributed by atoms with Crippen molar-refractivity contribution in [2.75, 3.05) is 12.4 Å². The first-order chi connectivity index (χ1) is 15.4. The summed E-state index contributed by atoms with van der Waals surface area (Å²) < 4.78 is 31.7. The zero-order chi connectivity index (χ0) is 22.7. The van der Waals surface area contributed by atoms with Crippen molar-refractivity contribution in [1.82, 2.24) is 0 Å². The Labute approximate surface area is 193 Å². The van der Waals surface area contributed by atoms with E-state index in [4.69, 9.17) is 25.8 Å². The highest BCUT2D eigenvalue weighted by molar-refractivity contribution is 6.31. The van der Waals surface area contributed by atoms with Gasteiger partial charge in [-0.25, -0.2) is 4.39 Å². The maximum Gasteiger partial charge on any atom is 0.132 e. The zero-order valence-electron chi connectivity index (χ0n) is 18.4. The van der Waals surface area contributed by atoms with Crippen LogP contribution in [-0.2, 0) is 22.6 Å². The molecule has 0 aliphatic carbocycles. The van der Waals surface area contributed by atoms with Crippen molar-refractivity contribution in [2.45, 2.75) is 44.8 Å². The summed E-state index contributed by atoms with van der Waals surface area (Å²) in [7, 11) is 1.68. The van der Waals surface area contributed by atoms with Crippen LogP contribution in [0.3, 0.4) is 0 Å². The van der Waals surface area contributed by atoms with E-state index < -0.39 is 5.60 Å². The number of anilines is 1. The van der Waals surface area contributed by atoms with Gasteiger partial charge >= 0.3 is 0 Å². The molecule has 3 aromatic carbocycles. The van der Waals surface area contributed by atoms with Gasteiger partial charge in [0.05, 0.1) is 6.61 Å². The lowest BCUT2D eigenvalue weighted by Gasteiger charge is -2.44. The lowest BCUT2D eigenvalue weighted by atomic mass is 9.88. The van der Waals surface area contributed by atoms with Crippen molar-refractivity contribution < 1.29 is 18.6 Å². The fourth-order valence-corrected chi connectivity index (χ4v) is 4.17. The van der Waals surface area contributed by atoms with E-state index in [1.807, 2.05) is 56.3 Å². The highest BCUT2D eigenvalue weighted by Crippen LogP contribution is 2.44. The van der Waals surface area contributed by atoms with Crippen LogP contribution in [0.4, 0.5) is 10.1 Å². The number of hydrogen-bond acceptors (Lipinski definition) is 4. The summed E-state index contributed by atoms with van der Waals surface area (Å²) in [5.41, 5.74) is 3.15. The number of fused-ring (bicyclic) bond motifs is 1. The predicted molar refractivity (Wildman–Crippen MR) is 125 cm³/mol. The Bertz CT molecular complexity index is 1070. The van der Waals surface area contributed by atoms with E-state index in [0.29, 0.717) is 18.2 Å². The molecule has 0 bridgehead atoms. The molecule has 3 aromatic rings. The molecule has 0 fully saturated rings. The van der Waals surface area contributed by atoms with Crippen molar-refractivity contribution in [1.29, 1.82) is 0 Å². The summed E-state index contributed by atoms with van der Waals surface area (Å²) in [6, 6.07) is 20.0. The van der Waals surface area contributed by atoms with Crippen LogP contribution in [-0.4, -0.2) is 18.8 Å². The third kappa shape index (κ3) is 4.90. The van der Waals surface area contributed by atoms with Crippen molar-refractivity contribution in [3.63, 3.8) is 0 Å².